The maximum absolute atomic E-state index is 12.2. The lowest BCUT2D eigenvalue weighted by Gasteiger charge is -2.30. The number of fused-ring (bicyclic) bond motifs is 1. The number of carboxylic acid groups (broad SMARTS) is 1. The molecule has 0 spiro atoms. The number of carboxylic acids is 1. The van der Waals surface area contributed by atoms with Crippen molar-refractivity contribution in [3.8, 4) is 0 Å². The second-order valence-electron chi connectivity index (χ2n) is 5.16. The van der Waals surface area contributed by atoms with Crippen LogP contribution in [0.15, 0.2) is 30.7 Å². The van der Waals surface area contributed by atoms with E-state index in [1.165, 1.54) is 0 Å². The van der Waals surface area contributed by atoms with Crippen molar-refractivity contribution >= 4 is 23.3 Å². The van der Waals surface area contributed by atoms with Crippen molar-refractivity contribution in [1.82, 2.24) is 14.3 Å². The third kappa shape index (κ3) is 2.81. The zero-order valence-corrected chi connectivity index (χ0v) is 11.4. The first-order valence-corrected chi connectivity index (χ1v) is 6.85. The monoisotopic (exact) mass is 288 g/mol. The van der Waals surface area contributed by atoms with Crippen molar-refractivity contribution in [2.45, 2.75) is 12.8 Å². The molecule has 2 aromatic rings. The van der Waals surface area contributed by atoms with E-state index in [1.807, 2.05) is 16.8 Å². The average molecular weight is 288 g/mol. The van der Waals surface area contributed by atoms with Crippen molar-refractivity contribution in [1.29, 1.82) is 0 Å². The van der Waals surface area contributed by atoms with Gasteiger partial charge in [-0.2, -0.15) is 0 Å². The number of pyridine rings is 1. The first-order valence-electron chi connectivity index (χ1n) is 6.85. The molecule has 1 unspecified atom stereocenters. The molecule has 2 aromatic heterocycles. The smallest absolute Gasteiger partial charge is 0.321 e. The molecule has 2 amide bonds. The van der Waals surface area contributed by atoms with Crippen molar-refractivity contribution < 1.29 is 14.7 Å². The van der Waals surface area contributed by atoms with Crippen molar-refractivity contribution in [2.24, 2.45) is 5.92 Å². The van der Waals surface area contributed by atoms with Gasteiger partial charge in [0.1, 0.15) is 5.65 Å². The first-order chi connectivity index (χ1) is 10.1. The van der Waals surface area contributed by atoms with Crippen LogP contribution in [0, 0.1) is 5.92 Å². The Labute approximate surface area is 121 Å². The van der Waals surface area contributed by atoms with Gasteiger partial charge in [-0.25, -0.2) is 9.78 Å². The standard InChI is InChI=1S/C14H16N4O3/c19-13(20)10-2-1-5-18(9-10)14(21)16-11-3-6-17-7-4-15-12(17)8-11/h3-4,6-8,10H,1-2,5,9H2,(H,16,21)(H,19,20). The number of nitrogens with zero attached hydrogens (tertiary/aromatic N) is 3. The Bertz CT molecular complexity index is 682. The molecule has 0 radical (unpaired) electrons. The predicted molar refractivity (Wildman–Crippen MR) is 76.1 cm³/mol. The molecule has 7 heteroatoms. The summed E-state index contributed by atoms with van der Waals surface area (Å²) >= 11 is 0. The normalized spacial score (nSPS) is 18.7. The highest BCUT2D eigenvalue weighted by Gasteiger charge is 2.28. The summed E-state index contributed by atoms with van der Waals surface area (Å²) in [6.45, 7) is 0.841. The average Bonchev–Trinajstić information content (AvgIpc) is 2.95. The van der Waals surface area contributed by atoms with Crippen LogP contribution in [0.3, 0.4) is 0 Å². The second kappa shape index (κ2) is 5.43. The zero-order valence-electron chi connectivity index (χ0n) is 11.4. The van der Waals surface area contributed by atoms with Crippen molar-refractivity contribution in [2.75, 3.05) is 18.4 Å². The van der Waals surface area contributed by atoms with Crippen LogP contribution in [0.5, 0.6) is 0 Å². The summed E-state index contributed by atoms with van der Waals surface area (Å²) in [5.74, 6) is -1.31. The molecule has 0 aromatic carbocycles. The number of urea groups is 1. The molecule has 7 nitrogen and oxygen atoms in total. The SMILES string of the molecule is O=C(O)C1CCCN(C(=O)Nc2ccn3ccnc3c2)C1. The lowest BCUT2D eigenvalue weighted by Crippen LogP contribution is -2.44. The molecular formula is C14H16N4O3. The highest BCUT2D eigenvalue weighted by molar-refractivity contribution is 5.90. The Kier molecular flexibility index (Phi) is 3.47. The predicted octanol–water partition coefficient (Wildman–Crippen LogP) is 1.66. The van der Waals surface area contributed by atoms with E-state index in [0.29, 0.717) is 25.1 Å². The van der Waals surface area contributed by atoms with Crippen LogP contribution >= 0.6 is 0 Å². The summed E-state index contributed by atoms with van der Waals surface area (Å²) in [6, 6.07) is 3.29. The van der Waals surface area contributed by atoms with Gasteiger partial charge in [-0.1, -0.05) is 0 Å². The van der Waals surface area contributed by atoms with E-state index < -0.39 is 11.9 Å². The fraction of sp³-hybridized carbons (Fsp3) is 0.357. The van der Waals surface area contributed by atoms with Gasteiger partial charge in [-0.3, -0.25) is 4.79 Å². The summed E-state index contributed by atoms with van der Waals surface area (Å²) in [7, 11) is 0. The van der Waals surface area contributed by atoms with E-state index in [1.54, 1.807) is 23.2 Å². The van der Waals surface area contributed by atoms with Crippen LogP contribution in [0.2, 0.25) is 0 Å². The van der Waals surface area contributed by atoms with E-state index in [0.717, 1.165) is 5.65 Å². The molecule has 0 saturated carbocycles. The van der Waals surface area contributed by atoms with Crippen LogP contribution in [0.4, 0.5) is 10.5 Å². The molecule has 0 aliphatic carbocycles. The maximum atomic E-state index is 12.2. The summed E-state index contributed by atoms with van der Waals surface area (Å²) < 4.78 is 1.84. The number of imidazole rings is 1. The summed E-state index contributed by atoms with van der Waals surface area (Å²) in [4.78, 5) is 28.9. The largest absolute Gasteiger partial charge is 0.481 e. The van der Waals surface area contributed by atoms with E-state index in [4.69, 9.17) is 5.11 Å². The van der Waals surface area contributed by atoms with Gasteiger partial charge in [0.25, 0.3) is 0 Å². The highest BCUT2D eigenvalue weighted by atomic mass is 16.4. The number of rotatable bonds is 2. The van der Waals surface area contributed by atoms with Crippen LogP contribution in [-0.2, 0) is 4.79 Å². The van der Waals surface area contributed by atoms with Crippen molar-refractivity contribution in [3.05, 3.63) is 30.7 Å². The number of amides is 2. The number of carbonyl (C=O) groups is 2. The van der Waals surface area contributed by atoms with Crippen LogP contribution in [0.25, 0.3) is 5.65 Å². The molecule has 2 N–H and O–H groups in total. The van der Waals surface area contributed by atoms with Crippen LogP contribution < -0.4 is 5.32 Å². The molecule has 21 heavy (non-hydrogen) atoms. The van der Waals surface area contributed by atoms with E-state index in [-0.39, 0.29) is 12.6 Å². The lowest BCUT2D eigenvalue weighted by atomic mass is 9.99. The maximum Gasteiger partial charge on any atom is 0.321 e. The topological polar surface area (TPSA) is 86.9 Å². The molecular weight excluding hydrogens is 272 g/mol. The summed E-state index contributed by atoms with van der Waals surface area (Å²) in [6.07, 6.45) is 6.66. The minimum Gasteiger partial charge on any atom is -0.481 e. The van der Waals surface area contributed by atoms with Gasteiger partial charge in [-0.05, 0) is 18.9 Å². The van der Waals surface area contributed by atoms with Gasteiger partial charge in [0.15, 0.2) is 0 Å². The number of piperidine rings is 1. The van der Waals surface area contributed by atoms with Crippen LogP contribution in [-0.4, -0.2) is 44.5 Å². The Morgan fingerprint density at radius 2 is 2.24 bits per heavy atom. The Balaban J connectivity index is 1.69. The summed E-state index contributed by atoms with van der Waals surface area (Å²) in [5.41, 5.74) is 1.39. The Morgan fingerprint density at radius 3 is 3.05 bits per heavy atom. The van der Waals surface area contributed by atoms with E-state index in [9.17, 15) is 9.59 Å². The van der Waals surface area contributed by atoms with Gasteiger partial charge in [0, 0.05) is 43.4 Å². The molecule has 1 atom stereocenters. The second-order valence-corrected chi connectivity index (χ2v) is 5.16. The number of carbonyl (C=O) groups excluding carboxylic acids is 1. The summed E-state index contributed by atoms with van der Waals surface area (Å²) in [5, 5.41) is 11.8. The number of hydrogen-bond acceptors (Lipinski definition) is 3. The number of aromatic nitrogens is 2. The lowest BCUT2D eigenvalue weighted by molar-refractivity contribution is -0.143. The number of anilines is 1. The number of nitrogens with one attached hydrogen (secondary N) is 1. The molecule has 1 fully saturated rings. The zero-order chi connectivity index (χ0) is 14.8. The number of hydrogen-bond donors (Lipinski definition) is 2. The van der Waals surface area contributed by atoms with Gasteiger partial charge in [0.2, 0.25) is 0 Å². The molecule has 0 bridgehead atoms. The minimum atomic E-state index is -0.841. The molecule has 3 heterocycles. The van der Waals surface area contributed by atoms with E-state index in [2.05, 4.69) is 10.3 Å². The third-order valence-electron chi connectivity index (χ3n) is 3.71. The first kappa shape index (κ1) is 13.4. The fourth-order valence-electron chi connectivity index (χ4n) is 2.55. The molecule has 1 aliphatic heterocycles. The fourth-order valence-corrected chi connectivity index (χ4v) is 2.55. The van der Waals surface area contributed by atoms with Gasteiger partial charge < -0.3 is 19.7 Å². The molecule has 110 valence electrons. The molecule has 3 rings (SSSR count). The third-order valence-corrected chi connectivity index (χ3v) is 3.71. The quantitative estimate of drug-likeness (QED) is 0.880. The molecule has 1 saturated heterocycles. The van der Waals surface area contributed by atoms with Gasteiger partial charge in [-0.15, -0.1) is 0 Å². The number of aliphatic carboxylic acids is 1. The Hall–Kier alpha value is -2.57. The van der Waals surface area contributed by atoms with E-state index >= 15 is 0 Å². The van der Waals surface area contributed by atoms with Crippen molar-refractivity contribution in [3.63, 3.8) is 0 Å². The van der Waals surface area contributed by atoms with Gasteiger partial charge >= 0.3 is 12.0 Å². The Morgan fingerprint density at radius 1 is 1.38 bits per heavy atom. The number of likely N-dealkylation sites (tertiary alicyclic amines) is 1. The molecule has 1 aliphatic rings. The van der Waals surface area contributed by atoms with Gasteiger partial charge in [0.05, 0.1) is 5.92 Å². The minimum absolute atomic E-state index is 0.257. The van der Waals surface area contributed by atoms with Crippen LogP contribution in [0.1, 0.15) is 12.8 Å². The highest BCUT2D eigenvalue weighted by Crippen LogP contribution is 2.18.